The van der Waals surface area contributed by atoms with Crippen molar-refractivity contribution in [3.05, 3.63) is 45.1 Å². The highest BCUT2D eigenvalue weighted by molar-refractivity contribution is 8.00. The number of thiophene rings is 1. The molecule has 5 rings (SSSR count). The molecule has 2 aromatic heterocycles. The number of nitrogens with one attached hydrogen (secondary N) is 1. The number of carbonyl (C=O) groups is 1. The van der Waals surface area contributed by atoms with E-state index in [4.69, 9.17) is 9.72 Å². The molecule has 180 valence electrons. The molecular weight excluding hydrogens is 466 g/mol. The monoisotopic (exact) mass is 497 g/mol. The molecule has 0 radical (unpaired) electrons. The standard InChI is InChI=1S/C26H31N3O3S2/c1-16(23(30)27-17-8-6-7-9-17)33-26-28-24-22(20-10-4-3-5-11-21(20)34-24)25(31)29(26)18-12-14-19(32-2)15-13-18/h12-17H,3-11H2,1-2H3,(H,27,30). The van der Waals surface area contributed by atoms with Crippen LogP contribution in [0.1, 0.15) is 62.3 Å². The SMILES string of the molecule is COc1ccc(-n2c(SC(C)C(=O)NC3CCCC3)nc3sc4c(c3c2=O)CCCCC4)cc1. The van der Waals surface area contributed by atoms with E-state index >= 15 is 0 Å². The van der Waals surface area contributed by atoms with Gasteiger partial charge in [-0.15, -0.1) is 11.3 Å². The lowest BCUT2D eigenvalue weighted by molar-refractivity contribution is -0.120. The summed E-state index contributed by atoms with van der Waals surface area (Å²) in [5.74, 6) is 0.739. The van der Waals surface area contributed by atoms with Gasteiger partial charge in [0.1, 0.15) is 10.6 Å². The second-order valence-electron chi connectivity index (χ2n) is 9.23. The molecule has 2 heterocycles. The Morgan fingerprint density at radius 3 is 2.62 bits per heavy atom. The molecule has 2 aliphatic carbocycles. The van der Waals surface area contributed by atoms with Gasteiger partial charge in [0.05, 0.1) is 23.4 Å². The van der Waals surface area contributed by atoms with E-state index in [1.165, 1.54) is 41.5 Å². The predicted molar refractivity (Wildman–Crippen MR) is 139 cm³/mol. The predicted octanol–water partition coefficient (Wildman–Crippen LogP) is 5.26. The number of fused-ring (bicyclic) bond motifs is 3. The average molecular weight is 498 g/mol. The number of ether oxygens (including phenoxy) is 1. The summed E-state index contributed by atoms with van der Waals surface area (Å²) in [5.41, 5.74) is 1.88. The van der Waals surface area contributed by atoms with Crippen molar-refractivity contribution in [1.82, 2.24) is 14.9 Å². The number of aryl methyl sites for hydroxylation is 2. The van der Waals surface area contributed by atoms with Crippen molar-refractivity contribution in [2.24, 2.45) is 0 Å². The summed E-state index contributed by atoms with van der Waals surface area (Å²) < 4.78 is 7.00. The Kier molecular flexibility index (Phi) is 6.97. The van der Waals surface area contributed by atoms with E-state index in [1.54, 1.807) is 23.0 Å². The zero-order valence-corrected chi connectivity index (χ0v) is 21.4. The van der Waals surface area contributed by atoms with Crippen molar-refractivity contribution in [2.45, 2.75) is 81.2 Å². The number of hydrogen-bond acceptors (Lipinski definition) is 6. The highest BCUT2D eigenvalue weighted by Gasteiger charge is 2.26. The number of carbonyl (C=O) groups excluding carboxylic acids is 1. The second kappa shape index (κ2) is 10.1. The third kappa shape index (κ3) is 4.62. The lowest BCUT2D eigenvalue weighted by Gasteiger charge is -2.18. The van der Waals surface area contributed by atoms with Crippen LogP contribution in [0.25, 0.3) is 15.9 Å². The quantitative estimate of drug-likeness (QED) is 0.286. The van der Waals surface area contributed by atoms with Crippen LogP contribution in [0.15, 0.2) is 34.2 Å². The van der Waals surface area contributed by atoms with E-state index < -0.39 is 0 Å². The Morgan fingerprint density at radius 2 is 1.88 bits per heavy atom. The summed E-state index contributed by atoms with van der Waals surface area (Å²) >= 11 is 3.02. The highest BCUT2D eigenvalue weighted by Crippen LogP contribution is 2.35. The van der Waals surface area contributed by atoms with Crippen LogP contribution in [0, 0.1) is 0 Å². The molecule has 6 nitrogen and oxygen atoms in total. The number of methoxy groups -OCH3 is 1. The Labute approximate surface area is 208 Å². The minimum absolute atomic E-state index is 0.00879. The van der Waals surface area contributed by atoms with E-state index in [0.717, 1.165) is 60.2 Å². The number of nitrogens with zero attached hydrogens (tertiary/aromatic N) is 2. The summed E-state index contributed by atoms with van der Waals surface area (Å²) in [6.45, 7) is 1.90. The van der Waals surface area contributed by atoms with Gasteiger partial charge in [0.15, 0.2) is 5.16 Å². The van der Waals surface area contributed by atoms with Gasteiger partial charge in [-0.1, -0.05) is 31.0 Å². The van der Waals surface area contributed by atoms with E-state index in [9.17, 15) is 9.59 Å². The smallest absolute Gasteiger partial charge is 0.267 e. The van der Waals surface area contributed by atoms with Crippen molar-refractivity contribution in [3.8, 4) is 11.4 Å². The lowest BCUT2D eigenvalue weighted by Crippen LogP contribution is -2.38. The first-order valence-corrected chi connectivity index (χ1v) is 13.9. The van der Waals surface area contributed by atoms with Gasteiger partial charge in [0.25, 0.3) is 5.56 Å². The normalized spacial score (nSPS) is 17.4. The van der Waals surface area contributed by atoms with E-state index in [0.29, 0.717) is 5.16 Å². The molecule has 1 atom stereocenters. The molecule has 0 spiro atoms. The van der Waals surface area contributed by atoms with E-state index in [1.807, 2.05) is 31.2 Å². The Hall–Kier alpha value is -2.32. The van der Waals surface area contributed by atoms with Crippen LogP contribution in [0.2, 0.25) is 0 Å². The fraction of sp³-hybridized carbons (Fsp3) is 0.500. The number of thioether (sulfide) groups is 1. The molecule has 1 N–H and O–H groups in total. The van der Waals surface area contributed by atoms with Crippen LogP contribution in [0.3, 0.4) is 0 Å². The molecule has 1 saturated carbocycles. The van der Waals surface area contributed by atoms with E-state index in [-0.39, 0.29) is 22.8 Å². The maximum Gasteiger partial charge on any atom is 0.267 e. The molecule has 1 fully saturated rings. The average Bonchev–Trinajstić information content (AvgIpc) is 3.41. The van der Waals surface area contributed by atoms with Gasteiger partial charge in [0, 0.05) is 10.9 Å². The van der Waals surface area contributed by atoms with Crippen LogP contribution in [-0.2, 0) is 17.6 Å². The van der Waals surface area contributed by atoms with Crippen molar-refractivity contribution >= 4 is 39.2 Å². The molecule has 0 aliphatic heterocycles. The number of rotatable bonds is 6. The molecule has 0 saturated heterocycles. The van der Waals surface area contributed by atoms with Gasteiger partial charge in [-0.25, -0.2) is 4.98 Å². The summed E-state index contributed by atoms with van der Waals surface area (Å²) in [7, 11) is 1.63. The van der Waals surface area contributed by atoms with Gasteiger partial charge in [-0.2, -0.15) is 0 Å². The molecule has 1 aromatic carbocycles. The second-order valence-corrected chi connectivity index (χ2v) is 11.6. The van der Waals surface area contributed by atoms with Gasteiger partial charge in [-0.05, 0) is 75.3 Å². The van der Waals surface area contributed by atoms with Crippen molar-refractivity contribution in [1.29, 1.82) is 0 Å². The summed E-state index contributed by atoms with van der Waals surface area (Å²) in [6.07, 6.45) is 9.85. The van der Waals surface area contributed by atoms with Crippen LogP contribution < -0.4 is 15.6 Å². The van der Waals surface area contributed by atoms with Gasteiger partial charge >= 0.3 is 0 Å². The van der Waals surface area contributed by atoms with Crippen LogP contribution in [0.5, 0.6) is 5.75 Å². The number of amides is 1. The van der Waals surface area contributed by atoms with Gasteiger partial charge < -0.3 is 10.1 Å². The maximum absolute atomic E-state index is 14.0. The summed E-state index contributed by atoms with van der Waals surface area (Å²) in [5, 5.41) is 4.15. The number of aromatic nitrogens is 2. The third-order valence-corrected chi connectivity index (χ3v) is 9.13. The molecule has 1 unspecified atom stereocenters. The maximum atomic E-state index is 14.0. The molecule has 0 bridgehead atoms. The number of hydrogen-bond donors (Lipinski definition) is 1. The summed E-state index contributed by atoms with van der Waals surface area (Å²) in [4.78, 5) is 34.0. The van der Waals surface area contributed by atoms with Crippen LogP contribution in [0.4, 0.5) is 0 Å². The largest absolute Gasteiger partial charge is 0.497 e. The van der Waals surface area contributed by atoms with Crippen molar-refractivity contribution in [2.75, 3.05) is 7.11 Å². The molecule has 2 aliphatic rings. The Bertz CT molecular complexity index is 1240. The molecule has 3 aromatic rings. The first-order chi connectivity index (χ1) is 16.5. The Balaban J connectivity index is 1.57. The fourth-order valence-corrected chi connectivity index (χ4v) is 7.24. The van der Waals surface area contributed by atoms with Crippen molar-refractivity contribution < 1.29 is 9.53 Å². The van der Waals surface area contributed by atoms with Crippen LogP contribution in [-0.4, -0.2) is 33.9 Å². The van der Waals surface area contributed by atoms with Gasteiger partial charge in [-0.3, -0.25) is 14.2 Å². The molecular formula is C26H31N3O3S2. The first-order valence-electron chi connectivity index (χ1n) is 12.2. The third-order valence-electron chi connectivity index (χ3n) is 6.89. The minimum atomic E-state index is -0.354. The molecule has 8 heteroatoms. The minimum Gasteiger partial charge on any atom is -0.497 e. The molecule has 34 heavy (non-hydrogen) atoms. The Morgan fingerprint density at radius 1 is 1.15 bits per heavy atom. The first kappa shape index (κ1) is 23.4. The zero-order chi connectivity index (χ0) is 23.7. The molecule has 1 amide bonds. The highest BCUT2D eigenvalue weighted by atomic mass is 32.2. The lowest BCUT2D eigenvalue weighted by atomic mass is 10.1. The zero-order valence-electron chi connectivity index (χ0n) is 19.8. The number of benzene rings is 1. The van der Waals surface area contributed by atoms with Crippen molar-refractivity contribution in [3.63, 3.8) is 0 Å². The van der Waals surface area contributed by atoms with Gasteiger partial charge in [0.2, 0.25) is 5.91 Å². The van der Waals surface area contributed by atoms with E-state index in [2.05, 4.69) is 5.32 Å². The topological polar surface area (TPSA) is 73.2 Å². The fourth-order valence-electron chi connectivity index (χ4n) is 5.00. The summed E-state index contributed by atoms with van der Waals surface area (Å²) in [6, 6.07) is 7.73. The van der Waals surface area contributed by atoms with Crippen LogP contribution >= 0.6 is 23.1 Å².